The molecule has 1 aliphatic rings. The number of halogens is 1. The highest BCUT2D eigenvalue weighted by atomic mass is 19.1. The molecule has 168 valence electrons. The molecule has 4 amide bonds. The summed E-state index contributed by atoms with van der Waals surface area (Å²) in [5.74, 6) is -0.239. The lowest BCUT2D eigenvalue weighted by atomic mass is 9.87. The smallest absolute Gasteiger partial charge is 0.325 e. The quantitative estimate of drug-likeness (QED) is 0.525. The number of para-hydroxylation sites is 1. The summed E-state index contributed by atoms with van der Waals surface area (Å²) in [5.41, 5.74) is -0.379. The van der Waals surface area contributed by atoms with E-state index in [-0.39, 0.29) is 6.42 Å². The molecule has 1 heterocycles. The van der Waals surface area contributed by atoms with Crippen LogP contribution in [0, 0.1) is 5.82 Å². The van der Waals surface area contributed by atoms with Gasteiger partial charge in [0.05, 0.1) is 0 Å². The van der Waals surface area contributed by atoms with Crippen molar-refractivity contribution in [2.24, 2.45) is 0 Å². The van der Waals surface area contributed by atoms with Crippen molar-refractivity contribution < 1.29 is 23.5 Å². The lowest BCUT2D eigenvalue weighted by Crippen LogP contribution is -2.44. The maximum atomic E-state index is 13.3. The van der Waals surface area contributed by atoms with E-state index in [1.807, 2.05) is 30.3 Å². The number of hydrogen-bond acceptors (Lipinski definition) is 4. The molecule has 2 N–H and O–H groups in total. The molecule has 0 bridgehead atoms. The number of carbonyl (C=O) groups is 3. The van der Waals surface area contributed by atoms with Gasteiger partial charge < -0.3 is 15.4 Å². The Labute approximate surface area is 190 Å². The van der Waals surface area contributed by atoms with Crippen LogP contribution in [0.3, 0.4) is 0 Å². The van der Waals surface area contributed by atoms with E-state index in [0.29, 0.717) is 22.7 Å². The number of anilines is 1. The first-order valence-corrected chi connectivity index (χ1v) is 10.4. The topological polar surface area (TPSA) is 87.7 Å². The minimum Gasteiger partial charge on any atom is -0.457 e. The number of rotatable bonds is 7. The summed E-state index contributed by atoms with van der Waals surface area (Å²) in [6.07, 6.45) is 0.254. The van der Waals surface area contributed by atoms with Crippen molar-refractivity contribution in [3.8, 4) is 11.5 Å². The van der Waals surface area contributed by atoms with Crippen LogP contribution in [0.15, 0.2) is 78.9 Å². The fourth-order valence-electron chi connectivity index (χ4n) is 3.72. The zero-order chi connectivity index (χ0) is 23.4. The minimum absolute atomic E-state index is 0.254. The molecule has 8 heteroatoms. The van der Waals surface area contributed by atoms with Gasteiger partial charge in [0.25, 0.3) is 5.91 Å². The van der Waals surface area contributed by atoms with Crippen LogP contribution in [0.5, 0.6) is 11.5 Å². The maximum Gasteiger partial charge on any atom is 0.325 e. The van der Waals surface area contributed by atoms with Crippen molar-refractivity contribution in [3.63, 3.8) is 0 Å². The molecule has 1 atom stereocenters. The molecule has 1 fully saturated rings. The molecule has 1 unspecified atom stereocenters. The van der Waals surface area contributed by atoms with Gasteiger partial charge >= 0.3 is 6.03 Å². The van der Waals surface area contributed by atoms with E-state index in [9.17, 15) is 18.8 Å². The molecule has 4 rings (SSSR count). The number of nitrogens with one attached hydrogen (secondary N) is 2. The molecular weight excluding hydrogens is 425 g/mol. The first-order valence-electron chi connectivity index (χ1n) is 10.4. The van der Waals surface area contributed by atoms with E-state index in [4.69, 9.17) is 4.74 Å². The number of amides is 4. The molecule has 0 saturated carbocycles. The molecule has 1 saturated heterocycles. The van der Waals surface area contributed by atoms with Crippen molar-refractivity contribution in [2.75, 3.05) is 11.9 Å². The minimum atomic E-state index is -1.33. The number of nitrogens with zero attached hydrogens (tertiary/aromatic N) is 1. The number of hydrogen-bond donors (Lipinski definition) is 2. The van der Waals surface area contributed by atoms with Gasteiger partial charge in [-0.15, -0.1) is 0 Å². The van der Waals surface area contributed by atoms with Gasteiger partial charge in [-0.05, 0) is 60.5 Å². The lowest BCUT2D eigenvalue weighted by molar-refractivity contribution is -0.134. The molecule has 3 aromatic carbocycles. The Morgan fingerprint density at radius 1 is 0.970 bits per heavy atom. The highest BCUT2D eigenvalue weighted by molar-refractivity contribution is 6.10. The summed E-state index contributed by atoms with van der Waals surface area (Å²) in [7, 11) is 0. The van der Waals surface area contributed by atoms with Gasteiger partial charge in [-0.3, -0.25) is 14.5 Å². The first kappa shape index (κ1) is 22.0. The Morgan fingerprint density at radius 2 is 1.61 bits per heavy atom. The number of benzene rings is 3. The van der Waals surface area contributed by atoms with E-state index >= 15 is 0 Å². The zero-order valence-corrected chi connectivity index (χ0v) is 17.9. The van der Waals surface area contributed by atoms with Crippen LogP contribution in [0.1, 0.15) is 18.9 Å². The number of urea groups is 1. The van der Waals surface area contributed by atoms with Crippen LogP contribution in [-0.2, 0) is 15.1 Å². The van der Waals surface area contributed by atoms with Crippen molar-refractivity contribution >= 4 is 23.5 Å². The van der Waals surface area contributed by atoms with Crippen molar-refractivity contribution in [1.29, 1.82) is 0 Å². The van der Waals surface area contributed by atoms with Crippen LogP contribution >= 0.6 is 0 Å². The van der Waals surface area contributed by atoms with E-state index in [2.05, 4.69) is 10.6 Å². The highest BCUT2D eigenvalue weighted by Gasteiger charge is 2.51. The normalized spacial score (nSPS) is 17.6. The predicted octanol–water partition coefficient (Wildman–Crippen LogP) is 4.41. The molecule has 1 aliphatic heterocycles. The maximum absolute atomic E-state index is 13.3. The molecule has 3 aromatic rings. The largest absolute Gasteiger partial charge is 0.457 e. The summed E-state index contributed by atoms with van der Waals surface area (Å²) < 4.78 is 19.0. The van der Waals surface area contributed by atoms with Gasteiger partial charge in [0, 0.05) is 5.69 Å². The van der Waals surface area contributed by atoms with Crippen LogP contribution < -0.4 is 15.4 Å². The SMILES string of the molecule is CCC1(c2ccc(F)cc2)NC(=O)N(CC(=O)Nc2ccc(Oc3ccccc3)cc2)C1=O. The first-order chi connectivity index (χ1) is 15.9. The fourth-order valence-corrected chi connectivity index (χ4v) is 3.72. The fraction of sp³-hybridized carbons (Fsp3) is 0.160. The van der Waals surface area contributed by atoms with Gasteiger partial charge in [-0.1, -0.05) is 37.3 Å². The van der Waals surface area contributed by atoms with Gasteiger partial charge in [0.1, 0.15) is 29.4 Å². The highest BCUT2D eigenvalue weighted by Crippen LogP contribution is 2.32. The Kier molecular flexibility index (Phi) is 6.08. The third-order valence-corrected chi connectivity index (χ3v) is 5.46. The van der Waals surface area contributed by atoms with Gasteiger partial charge in [-0.2, -0.15) is 0 Å². The zero-order valence-electron chi connectivity index (χ0n) is 17.9. The van der Waals surface area contributed by atoms with E-state index in [0.717, 1.165) is 4.90 Å². The molecule has 33 heavy (non-hydrogen) atoms. The summed E-state index contributed by atoms with van der Waals surface area (Å²) in [4.78, 5) is 39.1. The number of imide groups is 1. The summed E-state index contributed by atoms with van der Waals surface area (Å²) in [5, 5.41) is 5.35. The third-order valence-electron chi connectivity index (χ3n) is 5.46. The average molecular weight is 447 g/mol. The van der Waals surface area contributed by atoms with Crippen molar-refractivity contribution in [2.45, 2.75) is 18.9 Å². The number of carbonyl (C=O) groups excluding carboxylic acids is 3. The van der Waals surface area contributed by atoms with E-state index in [1.165, 1.54) is 24.3 Å². The molecular formula is C25H22FN3O4. The van der Waals surface area contributed by atoms with Crippen molar-refractivity contribution in [1.82, 2.24) is 10.2 Å². The second-order valence-electron chi connectivity index (χ2n) is 7.57. The second-order valence-corrected chi connectivity index (χ2v) is 7.57. The Morgan fingerprint density at radius 3 is 2.24 bits per heavy atom. The van der Waals surface area contributed by atoms with Crippen molar-refractivity contribution in [3.05, 3.63) is 90.2 Å². The Hall–Kier alpha value is -4.20. The summed E-state index contributed by atoms with van der Waals surface area (Å²) >= 11 is 0. The van der Waals surface area contributed by atoms with Gasteiger partial charge in [-0.25, -0.2) is 9.18 Å². The van der Waals surface area contributed by atoms with Crippen LogP contribution in [0.25, 0.3) is 0 Å². The Balaban J connectivity index is 1.41. The number of ether oxygens (including phenoxy) is 1. The van der Waals surface area contributed by atoms with Gasteiger partial charge in [0.15, 0.2) is 0 Å². The van der Waals surface area contributed by atoms with Crippen LogP contribution in [-0.4, -0.2) is 29.3 Å². The van der Waals surface area contributed by atoms with E-state index in [1.54, 1.807) is 31.2 Å². The summed E-state index contributed by atoms with van der Waals surface area (Å²) in [6, 6.07) is 20.7. The molecule has 0 radical (unpaired) electrons. The summed E-state index contributed by atoms with van der Waals surface area (Å²) in [6.45, 7) is 1.29. The Bertz CT molecular complexity index is 1170. The van der Waals surface area contributed by atoms with E-state index < -0.39 is 35.7 Å². The lowest BCUT2D eigenvalue weighted by Gasteiger charge is -2.25. The predicted molar refractivity (Wildman–Crippen MR) is 120 cm³/mol. The molecule has 7 nitrogen and oxygen atoms in total. The monoisotopic (exact) mass is 447 g/mol. The second kappa shape index (κ2) is 9.12. The van der Waals surface area contributed by atoms with Gasteiger partial charge in [0.2, 0.25) is 5.91 Å². The molecule has 0 aliphatic carbocycles. The average Bonchev–Trinajstić information content (AvgIpc) is 3.06. The van der Waals surface area contributed by atoms with Crippen LogP contribution in [0.4, 0.5) is 14.9 Å². The third kappa shape index (κ3) is 4.55. The molecule has 0 aromatic heterocycles. The standard InChI is InChI=1S/C25H22FN3O4/c1-2-25(17-8-10-18(26)11-9-17)23(31)29(24(32)28-25)16-22(30)27-19-12-14-21(15-13-19)33-20-6-4-3-5-7-20/h3-15H,2,16H2,1H3,(H,27,30)(H,28,32). The molecule has 0 spiro atoms. The van der Waals surface area contributed by atoms with Crippen LogP contribution in [0.2, 0.25) is 0 Å².